The number of aromatic amines is 1. The highest BCUT2D eigenvalue weighted by Gasteiger charge is 2.17. The predicted octanol–water partition coefficient (Wildman–Crippen LogP) is 3.51. The summed E-state index contributed by atoms with van der Waals surface area (Å²) in [4.78, 5) is 27.6. The number of nitrogens with one attached hydrogen (secondary N) is 4. The van der Waals surface area contributed by atoms with Crippen LogP contribution < -0.4 is 20.9 Å². The first kappa shape index (κ1) is 20.9. The Morgan fingerprint density at radius 3 is 2.74 bits per heavy atom. The van der Waals surface area contributed by atoms with E-state index in [2.05, 4.69) is 30.6 Å². The number of ether oxygens (including phenoxy) is 1. The van der Waals surface area contributed by atoms with Crippen molar-refractivity contribution in [1.82, 2.24) is 25.4 Å². The number of imidazole rings is 1. The first-order valence-corrected chi connectivity index (χ1v) is 10.6. The van der Waals surface area contributed by atoms with E-state index in [1.807, 2.05) is 24.3 Å². The monoisotopic (exact) mass is 425 g/mol. The summed E-state index contributed by atoms with van der Waals surface area (Å²) >= 11 is 0. The molecule has 3 aromatic rings. The standard InChI is InChI=1S/C21H27N7O3/c29-17(28-30)7-4-12-31-16-10-8-15(9-11-16)25-21-26-19-18(22-13-23-19)20(27-21)24-14-5-2-1-3-6-14/h8-11,13-14,30H,1-7,12H2,(H,28,29)(H3,22,23,24,25,26,27). The highest BCUT2D eigenvalue weighted by Crippen LogP contribution is 2.26. The number of H-pyrrole nitrogens is 1. The second-order valence-electron chi connectivity index (χ2n) is 7.61. The van der Waals surface area contributed by atoms with Crippen LogP contribution >= 0.6 is 0 Å². The second kappa shape index (κ2) is 10.1. The average Bonchev–Trinajstić information content (AvgIpc) is 3.27. The van der Waals surface area contributed by atoms with Gasteiger partial charge in [0, 0.05) is 18.2 Å². The molecule has 0 aliphatic heterocycles. The molecule has 0 bridgehead atoms. The van der Waals surface area contributed by atoms with Gasteiger partial charge < -0.3 is 20.4 Å². The predicted molar refractivity (Wildman–Crippen MR) is 117 cm³/mol. The molecule has 1 aliphatic carbocycles. The molecule has 0 spiro atoms. The highest BCUT2D eigenvalue weighted by molar-refractivity contribution is 5.84. The van der Waals surface area contributed by atoms with E-state index in [0.29, 0.717) is 36.4 Å². The maximum atomic E-state index is 11.0. The van der Waals surface area contributed by atoms with E-state index < -0.39 is 5.91 Å². The van der Waals surface area contributed by atoms with Crippen molar-refractivity contribution in [3.63, 3.8) is 0 Å². The Balaban J connectivity index is 1.39. The molecule has 1 amide bonds. The van der Waals surface area contributed by atoms with Gasteiger partial charge in [0.15, 0.2) is 11.5 Å². The zero-order valence-corrected chi connectivity index (χ0v) is 17.2. The Morgan fingerprint density at radius 1 is 1.16 bits per heavy atom. The van der Waals surface area contributed by atoms with Crippen LogP contribution in [0.2, 0.25) is 0 Å². The molecule has 5 N–H and O–H groups in total. The molecular weight excluding hydrogens is 398 g/mol. The van der Waals surface area contributed by atoms with Gasteiger partial charge in [-0.15, -0.1) is 0 Å². The van der Waals surface area contributed by atoms with Crippen molar-refractivity contribution in [2.45, 2.75) is 51.0 Å². The number of hydroxylamine groups is 1. The molecule has 0 saturated heterocycles. The number of carbonyl (C=O) groups is 1. The number of benzene rings is 1. The molecule has 1 fully saturated rings. The van der Waals surface area contributed by atoms with Crippen LogP contribution in [0.3, 0.4) is 0 Å². The quantitative estimate of drug-likeness (QED) is 0.200. The number of hydrogen-bond acceptors (Lipinski definition) is 8. The number of fused-ring (bicyclic) bond motifs is 1. The van der Waals surface area contributed by atoms with Crippen molar-refractivity contribution in [2.24, 2.45) is 0 Å². The number of amides is 1. The van der Waals surface area contributed by atoms with E-state index in [9.17, 15) is 4.79 Å². The van der Waals surface area contributed by atoms with Gasteiger partial charge >= 0.3 is 0 Å². The van der Waals surface area contributed by atoms with Crippen molar-refractivity contribution in [1.29, 1.82) is 0 Å². The lowest BCUT2D eigenvalue weighted by Gasteiger charge is -2.23. The van der Waals surface area contributed by atoms with Crippen molar-refractivity contribution in [3.05, 3.63) is 30.6 Å². The summed E-state index contributed by atoms with van der Waals surface area (Å²) < 4.78 is 5.61. The summed E-state index contributed by atoms with van der Waals surface area (Å²) in [6, 6.07) is 7.85. The minimum absolute atomic E-state index is 0.209. The minimum atomic E-state index is -0.422. The normalized spacial score (nSPS) is 14.4. The summed E-state index contributed by atoms with van der Waals surface area (Å²) in [5, 5.41) is 15.3. The van der Waals surface area contributed by atoms with Gasteiger partial charge in [-0.05, 0) is 43.5 Å². The molecule has 4 rings (SSSR count). The molecule has 31 heavy (non-hydrogen) atoms. The van der Waals surface area contributed by atoms with Gasteiger partial charge in [-0.2, -0.15) is 9.97 Å². The third kappa shape index (κ3) is 5.60. The summed E-state index contributed by atoms with van der Waals surface area (Å²) in [7, 11) is 0. The smallest absolute Gasteiger partial charge is 0.243 e. The molecule has 2 aromatic heterocycles. The van der Waals surface area contributed by atoms with Gasteiger partial charge in [0.25, 0.3) is 0 Å². The number of carbonyl (C=O) groups excluding carboxylic acids is 1. The molecule has 10 heteroatoms. The fourth-order valence-electron chi connectivity index (χ4n) is 3.67. The maximum Gasteiger partial charge on any atom is 0.243 e. The van der Waals surface area contributed by atoms with Crippen molar-refractivity contribution in [2.75, 3.05) is 17.2 Å². The molecule has 2 heterocycles. The third-order valence-corrected chi connectivity index (χ3v) is 5.28. The lowest BCUT2D eigenvalue weighted by molar-refractivity contribution is -0.129. The van der Waals surface area contributed by atoms with E-state index >= 15 is 0 Å². The largest absolute Gasteiger partial charge is 0.494 e. The van der Waals surface area contributed by atoms with Crippen molar-refractivity contribution in [3.8, 4) is 5.75 Å². The summed E-state index contributed by atoms with van der Waals surface area (Å²) in [5.41, 5.74) is 3.86. The maximum absolute atomic E-state index is 11.0. The molecule has 1 aliphatic rings. The SMILES string of the molecule is O=C(CCCOc1ccc(Nc2nc(NC3CCCCC3)c3nc[nH]c3n2)cc1)NO. The number of nitrogens with zero attached hydrogens (tertiary/aromatic N) is 3. The topological polar surface area (TPSA) is 137 Å². The molecular formula is C21H27N7O3. The Labute approximate surface area is 179 Å². The number of hydrogen-bond donors (Lipinski definition) is 5. The van der Waals surface area contributed by atoms with Gasteiger partial charge in [-0.1, -0.05) is 19.3 Å². The first-order valence-electron chi connectivity index (χ1n) is 10.6. The van der Waals surface area contributed by atoms with Gasteiger partial charge in [0.1, 0.15) is 11.3 Å². The summed E-state index contributed by atoms with van der Waals surface area (Å²) in [5.74, 6) is 1.50. The van der Waals surface area contributed by atoms with Crippen molar-refractivity contribution < 1.29 is 14.7 Å². The zero-order chi connectivity index (χ0) is 21.5. The molecule has 10 nitrogen and oxygen atoms in total. The van der Waals surface area contributed by atoms with E-state index in [-0.39, 0.29) is 6.42 Å². The highest BCUT2D eigenvalue weighted by atomic mass is 16.5. The van der Waals surface area contributed by atoms with E-state index in [1.54, 1.807) is 11.8 Å². The van der Waals surface area contributed by atoms with Gasteiger partial charge in [0.05, 0.1) is 12.9 Å². The Morgan fingerprint density at radius 2 is 1.97 bits per heavy atom. The molecule has 1 aromatic carbocycles. The van der Waals surface area contributed by atoms with Crippen molar-refractivity contribution >= 4 is 34.5 Å². The zero-order valence-electron chi connectivity index (χ0n) is 17.2. The fourth-order valence-corrected chi connectivity index (χ4v) is 3.67. The van der Waals surface area contributed by atoms with Gasteiger partial charge in [0.2, 0.25) is 11.9 Å². The Hall–Kier alpha value is -3.40. The van der Waals surface area contributed by atoms with E-state index in [4.69, 9.17) is 9.94 Å². The number of anilines is 3. The number of aromatic nitrogens is 4. The molecule has 0 radical (unpaired) electrons. The Kier molecular flexibility index (Phi) is 6.78. The molecule has 164 valence electrons. The van der Waals surface area contributed by atoms with E-state index in [0.717, 1.165) is 29.9 Å². The minimum Gasteiger partial charge on any atom is -0.494 e. The first-order chi connectivity index (χ1) is 15.2. The third-order valence-electron chi connectivity index (χ3n) is 5.28. The lowest BCUT2D eigenvalue weighted by Crippen LogP contribution is -2.23. The van der Waals surface area contributed by atoms with Gasteiger partial charge in [-0.3, -0.25) is 10.0 Å². The molecule has 1 saturated carbocycles. The Bertz CT molecular complexity index is 1000. The van der Waals surface area contributed by atoms with Crippen LogP contribution in [0.15, 0.2) is 30.6 Å². The van der Waals surface area contributed by atoms with Crippen LogP contribution in [0.5, 0.6) is 5.75 Å². The second-order valence-corrected chi connectivity index (χ2v) is 7.61. The van der Waals surface area contributed by atoms with Gasteiger partial charge in [-0.25, -0.2) is 10.5 Å². The summed E-state index contributed by atoms with van der Waals surface area (Å²) in [6.45, 7) is 0.385. The molecule has 0 atom stereocenters. The summed E-state index contributed by atoms with van der Waals surface area (Å²) in [6.07, 6.45) is 8.41. The number of rotatable bonds is 9. The van der Waals surface area contributed by atoms with Crippen LogP contribution in [0.25, 0.3) is 11.2 Å². The van der Waals surface area contributed by atoms with Crippen LogP contribution in [0.4, 0.5) is 17.5 Å². The molecule has 0 unspecified atom stereocenters. The van der Waals surface area contributed by atoms with Crippen LogP contribution in [0.1, 0.15) is 44.9 Å². The van der Waals surface area contributed by atoms with E-state index in [1.165, 1.54) is 19.3 Å². The fraction of sp³-hybridized carbons (Fsp3) is 0.429. The van der Waals surface area contributed by atoms with Crippen LogP contribution in [-0.4, -0.2) is 43.7 Å². The van der Waals surface area contributed by atoms with Crippen LogP contribution in [0, 0.1) is 0 Å². The average molecular weight is 425 g/mol. The van der Waals surface area contributed by atoms with Crippen LogP contribution in [-0.2, 0) is 4.79 Å². The lowest BCUT2D eigenvalue weighted by atomic mass is 9.95.